The Labute approximate surface area is 172 Å². The summed E-state index contributed by atoms with van der Waals surface area (Å²) in [5.74, 6) is -1.66. The fourth-order valence-electron chi connectivity index (χ4n) is 2.56. The van der Waals surface area contributed by atoms with Gasteiger partial charge >= 0.3 is 12.4 Å². The molecule has 0 spiro atoms. The minimum absolute atomic E-state index is 0.0269. The van der Waals surface area contributed by atoms with E-state index >= 15 is 0 Å². The SMILES string of the molecule is COc1cc(NC(=O)c2cc(C(F)(F)F)cc(C(F)(F)F)c2)c(OC)cc1NC(C)=O. The van der Waals surface area contributed by atoms with E-state index in [0.717, 1.165) is 0 Å². The molecule has 0 aromatic heterocycles. The van der Waals surface area contributed by atoms with Crippen molar-refractivity contribution in [3.63, 3.8) is 0 Å². The van der Waals surface area contributed by atoms with Crippen LogP contribution in [-0.2, 0) is 17.1 Å². The molecule has 0 aliphatic rings. The number of alkyl halides is 6. The van der Waals surface area contributed by atoms with Crippen LogP contribution in [0.1, 0.15) is 28.4 Å². The number of ether oxygens (including phenoxy) is 2. The average Bonchev–Trinajstić information content (AvgIpc) is 2.66. The highest BCUT2D eigenvalue weighted by Crippen LogP contribution is 2.38. The topological polar surface area (TPSA) is 76.7 Å². The van der Waals surface area contributed by atoms with Crippen molar-refractivity contribution in [2.75, 3.05) is 24.9 Å². The average molecular weight is 450 g/mol. The summed E-state index contributed by atoms with van der Waals surface area (Å²) in [4.78, 5) is 23.8. The normalized spacial score (nSPS) is 11.6. The molecule has 2 N–H and O–H groups in total. The van der Waals surface area contributed by atoms with Crippen LogP contribution >= 0.6 is 0 Å². The lowest BCUT2D eigenvalue weighted by Crippen LogP contribution is -2.17. The predicted octanol–water partition coefficient (Wildman–Crippen LogP) is 4.95. The first-order chi connectivity index (χ1) is 14.3. The third kappa shape index (κ3) is 5.80. The van der Waals surface area contributed by atoms with Crippen LogP contribution in [-0.4, -0.2) is 26.0 Å². The van der Waals surface area contributed by atoms with Gasteiger partial charge in [-0.1, -0.05) is 0 Å². The maximum absolute atomic E-state index is 13.0. The summed E-state index contributed by atoms with van der Waals surface area (Å²) in [6.45, 7) is 1.23. The smallest absolute Gasteiger partial charge is 0.416 e. The van der Waals surface area contributed by atoms with Crippen LogP contribution < -0.4 is 20.1 Å². The molecule has 2 amide bonds. The molecule has 6 nitrogen and oxygen atoms in total. The predicted molar refractivity (Wildman–Crippen MR) is 98.2 cm³/mol. The van der Waals surface area contributed by atoms with Crippen LogP contribution in [0.15, 0.2) is 30.3 Å². The van der Waals surface area contributed by atoms with Crippen molar-refractivity contribution < 1.29 is 45.4 Å². The van der Waals surface area contributed by atoms with Gasteiger partial charge in [0.05, 0.1) is 36.7 Å². The molecule has 31 heavy (non-hydrogen) atoms. The molecule has 168 valence electrons. The van der Waals surface area contributed by atoms with E-state index in [4.69, 9.17) is 9.47 Å². The molecule has 2 aromatic carbocycles. The summed E-state index contributed by atoms with van der Waals surface area (Å²) in [6, 6.07) is 2.99. The Kier molecular flexibility index (Phi) is 6.72. The Balaban J connectivity index is 2.50. The van der Waals surface area contributed by atoms with Crippen LogP contribution in [0.2, 0.25) is 0 Å². The molecule has 0 fully saturated rings. The molecule has 0 radical (unpaired) electrons. The van der Waals surface area contributed by atoms with Gasteiger partial charge in [0, 0.05) is 24.6 Å². The van der Waals surface area contributed by atoms with Crippen molar-refractivity contribution >= 4 is 23.2 Å². The van der Waals surface area contributed by atoms with Gasteiger partial charge in [0.2, 0.25) is 5.91 Å². The summed E-state index contributed by atoms with van der Waals surface area (Å²) in [5.41, 5.74) is -4.06. The number of hydrogen-bond acceptors (Lipinski definition) is 4. The summed E-state index contributed by atoms with van der Waals surface area (Å²) < 4.78 is 88.3. The van der Waals surface area contributed by atoms with Crippen molar-refractivity contribution in [3.8, 4) is 11.5 Å². The zero-order chi connectivity index (χ0) is 23.6. The first-order valence-corrected chi connectivity index (χ1v) is 8.40. The van der Waals surface area contributed by atoms with Gasteiger partial charge in [-0.15, -0.1) is 0 Å². The maximum atomic E-state index is 13.0. The number of carbonyl (C=O) groups excluding carboxylic acids is 2. The number of benzene rings is 2. The van der Waals surface area contributed by atoms with Gasteiger partial charge < -0.3 is 20.1 Å². The first kappa shape index (κ1) is 23.8. The molecule has 0 saturated carbocycles. The minimum Gasteiger partial charge on any atom is -0.494 e. The van der Waals surface area contributed by atoms with E-state index in [1.165, 1.54) is 33.3 Å². The van der Waals surface area contributed by atoms with Crippen molar-refractivity contribution in [2.45, 2.75) is 19.3 Å². The molecule has 0 aliphatic heterocycles. The lowest BCUT2D eigenvalue weighted by molar-refractivity contribution is -0.143. The van der Waals surface area contributed by atoms with E-state index in [-0.39, 0.29) is 28.9 Å². The largest absolute Gasteiger partial charge is 0.494 e. The zero-order valence-corrected chi connectivity index (χ0v) is 16.3. The van der Waals surface area contributed by atoms with Crippen LogP contribution in [0.25, 0.3) is 0 Å². The quantitative estimate of drug-likeness (QED) is 0.632. The van der Waals surface area contributed by atoms with E-state index in [0.29, 0.717) is 12.1 Å². The zero-order valence-electron chi connectivity index (χ0n) is 16.3. The summed E-state index contributed by atoms with van der Waals surface area (Å²) in [6.07, 6.45) is -10.2. The van der Waals surface area contributed by atoms with E-state index in [1.54, 1.807) is 0 Å². The molecule has 0 aliphatic carbocycles. The number of amides is 2. The lowest BCUT2D eigenvalue weighted by Gasteiger charge is -2.17. The number of anilines is 2. The summed E-state index contributed by atoms with van der Waals surface area (Å²) in [7, 11) is 2.46. The van der Waals surface area contributed by atoms with Crippen LogP contribution in [0, 0.1) is 0 Å². The Morgan fingerprint density at radius 2 is 1.16 bits per heavy atom. The van der Waals surface area contributed by atoms with E-state index in [1.807, 2.05) is 0 Å². The third-order valence-corrected chi connectivity index (χ3v) is 3.93. The van der Waals surface area contributed by atoms with Gasteiger partial charge in [0.1, 0.15) is 11.5 Å². The van der Waals surface area contributed by atoms with Gasteiger partial charge in [0.25, 0.3) is 5.91 Å². The highest BCUT2D eigenvalue weighted by molar-refractivity contribution is 6.06. The molecular weight excluding hydrogens is 434 g/mol. The number of halogens is 6. The molecule has 0 atom stereocenters. The van der Waals surface area contributed by atoms with Crippen molar-refractivity contribution in [3.05, 3.63) is 47.0 Å². The number of carbonyl (C=O) groups is 2. The molecule has 0 heterocycles. The van der Waals surface area contributed by atoms with Gasteiger partial charge in [-0.25, -0.2) is 0 Å². The van der Waals surface area contributed by atoms with Crippen LogP contribution in [0.5, 0.6) is 11.5 Å². The van der Waals surface area contributed by atoms with E-state index < -0.39 is 40.9 Å². The van der Waals surface area contributed by atoms with Crippen molar-refractivity contribution in [1.29, 1.82) is 0 Å². The van der Waals surface area contributed by atoms with Crippen molar-refractivity contribution in [1.82, 2.24) is 0 Å². The highest BCUT2D eigenvalue weighted by Gasteiger charge is 2.37. The molecule has 12 heteroatoms. The highest BCUT2D eigenvalue weighted by atomic mass is 19.4. The van der Waals surface area contributed by atoms with Crippen molar-refractivity contribution in [2.24, 2.45) is 0 Å². The summed E-state index contributed by atoms with van der Waals surface area (Å²) >= 11 is 0. The molecule has 0 saturated heterocycles. The first-order valence-electron chi connectivity index (χ1n) is 8.40. The van der Waals surface area contributed by atoms with Crippen LogP contribution in [0.3, 0.4) is 0 Å². The van der Waals surface area contributed by atoms with E-state index in [2.05, 4.69) is 10.6 Å². The lowest BCUT2D eigenvalue weighted by atomic mass is 10.0. The molecular formula is C19H16F6N2O4. The van der Waals surface area contributed by atoms with Crippen LogP contribution in [0.4, 0.5) is 37.7 Å². The number of nitrogens with one attached hydrogen (secondary N) is 2. The molecule has 2 rings (SSSR count). The monoisotopic (exact) mass is 450 g/mol. The number of hydrogen-bond donors (Lipinski definition) is 2. The Bertz CT molecular complexity index is 970. The fraction of sp³-hybridized carbons (Fsp3) is 0.263. The fourth-order valence-corrected chi connectivity index (χ4v) is 2.56. The standard InChI is InChI=1S/C19H16F6N2O4/c1-9(28)26-13-7-16(31-3)14(8-15(13)30-2)27-17(29)10-4-11(18(20,21)22)6-12(5-10)19(23,24)25/h4-8H,1-3H3,(H,26,28)(H,27,29). The molecule has 0 unspecified atom stereocenters. The minimum atomic E-state index is -5.10. The number of rotatable bonds is 5. The van der Waals surface area contributed by atoms with E-state index in [9.17, 15) is 35.9 Å². The number of methoxy groups -OCH3 is 2. The van der Waals surface area contributed by atoms with Gasteiger partial charge in [0.15, 0.2) is 0 Å². The second-order valence-corrected chi connectivity index (χ2v) is 6.18. The third-order valence-electron chi connectivity index (χ3n) is 3.93. The Morgan fingerprint density at radius 3 is 1.52 bits per heavy atom. The van der Waals surface area contributed by atoms with Gasteiger partial charge in [-0.2, -0.15) is 26.3 Å². The molecule has 2 aromatic rings. The second-order valence-electron chi connectivity index (χ2n) is 6.18. The maximum Gasteiger partial charge on any atom is 0.416 e. The molecule has 0 bridgehead atoms. The Morgan fingerprint density at radius 1 is 0.742 bits per heavy atom. The second kappa shape index (κ2) is 8.74. The Hall–Kier alpha value is -3.44. The van der Waals surface area contributed by atoms with Gasteiger partial charge in [-0.3, -0.25) is 9.59 Å². The van der Waals surface area contributed by atoms with Gasteiger partial charge in [-0.05, 0) is 18.2 Å². The summed E-state index contributed by atoms with van der Waals surface area (Å²) in [5, 5.41) is 4.65.